The van der Waals surface area contributed by atoms with E-state index in [4.69, 9.17) is 92.8 Å². The molecule has 150 valence electrons. The highest BCUT2D eigenvalue weighted by molar-refractivity contribution is 6.58. The fourth-order valence-corrected chi connectivity index (χ4v) is 6.54. The molecule has 0 aliphatic rings. The van der Waals surface area contributed by atoms with Crippen LogP contribution < -0.4 is 0 Å². The molecule has 8 heteroatoms. The average molecular weight is 554 g/mol. The van der Waals surface area contributed by atoms with E-state index >= 15 is 0 Å². The van der Waals surface area contributed by atoms with Crippen LogP contribution in [-0.2, 0) is 0 Å². The summed E-state index contributed by atoms with van der Waals surface area (Å²) in [7, 11) is 0. The van der Waals surface area contributed by atoms with Crippen LogP contribution in [0.4, 0.5) is 0 Å². The Bertz CT molecular complexity index is 1570. The first kappa shape index (κ1) is 21.3. The van der Waals surface area contributed by atoms with Gasteiger partial charge in [-0.1, -0.05) is 105 Å². The second kappa shape index (κ2) is 7.51. The minimum atomic E-state index is 0.129. The van der Waals surface area contributed by atoms with Crippen LogP contribution in [0.2, 0.25) is 40.2 Å². The van der Waals surface area contributed by atoms with Gasteiger partial charge >= 0.3 is 0 Å². The van der Waals surface area contributed by atoms with E-state index in [-0.39, 0.29) is 20.1 Å². The lowest BCUT2D eigenvalue weighted by molar-refractivity contribution is 1.76. The van der Waals surface area contributed by atoms with Gasteiger partial charge in [-0.05, 0) is 40.4 Å². The van der Waals surface area contributed by atoms with Crippen LogP contribution in [0, 0.1) is 0 Å². The quantitative estimate of drug-likeness (QED) is 0.102. The topological polar surface area (TPSA) is 0 Å². The molecule has 30 heavy (non-hydrogen) atoms. The van der Waals surface area contributed by atoms with Gasteiger partial charge in [0.25, 0.3) is 0 Å². The third-order valence-corrected chi connectivity index (χ3v) is 8.43. The summed E-state index contributed by atoms with van der Waals surface area (Å²) in [6.45, 7) is 0. The molecule has 0 saturated carbocycles. The Balaban J connectivity index is 2.07. The van der Waals surface area contributed by atoms with Crippen LogP contribution in [0.1, 0.15) is 0 Å². The summed E-state index contributed by atoms with van der Waals surface area (Å²) < 4.78 is 0. The van der Waals surface area contributed by atoms with Crippen molar-refractivity contribution in [1.82, 2.24) is 0 Å². The smallest absolute Gasteiger partial charge is 0.0800 e. The zero-order valence-electron chi connectivity index (χ0n) is 14.5. The summed E-state index contributed by atoms with van der Waals surface area (Å²) >= 11 is 52.2. The van der Waals surface area contributed by atoms with E-state index in [1.54, 1.807) is 6.07 Å². The first-order chi connectivity index (χ1) is 14.2. The standard InChI is InChI=1S/C22H6Cl8/c23-11-3-1-2-7-4-8-5-9-6-10-15(20(28)22(30)21(29)16(10)24)19(27)14(9)18(26)13(8)17(25)12(7)11/h1-6H. The van der Waals surface area contributed by atoms with E-state index in [0.29, 0.717) is 41.6 Å². The van der Waals surface area contributed by atoms with Gasteiger partial charge in [0.2, 0.25) is 0 Å². The number of hydrogen-bond donors (Lipinski definition) is 0. The lowest BCUT2D eigenvalue weighted by Crippen LogP contribution is -1.89. The van der Waals surface area contributed by atoms with Crippen molar-refractivity contribution in [1.29, 1.82) is 0 Å². The van der Waals surface area contributed by atoms with Gasteiger partial charge in [0.15, 0.2) is 0 Å². The monoisotopic (exact) mass is 550 g/mol. The van der Waals surface area contributed by atoms with Crippen LogP contribution in [0.15, 0.2) is 36.4 Å². The third kappa shape index (κ3) is 2.90. The Labute approximate surface area is 211 Å². The molecule has 0 aromatic heterocycles. The fraction of sp³-hybridized carbons (Fsp3) is 0. The zero-order valence-corrected chi connectivity index (χ0v) is 20.5. The zero-order chi connectivity index (χ0) is 21.5. The van der Waals surface area contributed by atoms with Crippen LogP contribution >= 0.6 is 92.8 Å². The van der Waals surface area contributed by atoms with Crippen LogP contribution in [-0.4, -0.2) is 0 Å². The van der Waals surface area contributed by atoms with Crippen molar-refractivity contribution in [3.8, 4) is 0 Å². The van der Waals surface area contributed by atoms with Gasteiger partial charge in [-0.25, -0.2) is 0 Å². The van der Waals surface area contributed by atoms with Crippen LogP contribution in [0.25, 0.3) is 43.1 Å². The first-order valence-electron chi connectivity index (χ1n) is 8.49. The Morgan fingerprint density at radius 2 is 0.933 bits per heavy atom. The Kier molecular flexibility index (Phi) is 5.33. The SMILES string of the molecule is Clc1c(Cl)c(Cl)c2c(Cl)c3c(Cl)c4c(Cl)c5c(Cl)cccc5cc4cc3cc2c1Cl. The molecule has 0 N–H and O–H groups in total. The summed E-state index contributed by atoms with van der Waals surface area (Å²) in [6, 6.07) is 11.4. The van der Waals surface area contributed by atoms with E-state index in [2.05, 4.69) is 0 Å². The molecule has 0 nitrogen and oxygen atoms in total. The van der Waals surface area contributed by atoms with Crippen LogP contribution in [0.3, 0.4) is 0 Å². The van der Waals surface area contributed by atoms with E-state index in [1.165, 1.54) is 0 Å². The Hall–Kier alpha value is -0.540. The lowest BCUT2D eigenvalue weighted by Gasteiger charge is -2.16. The molecule has 0 bridgehead atoms. The van der Waals surface area contributed by atoms with Crippen molar-refractivity contribution in [3.05, 3.63) is 76.6 Å². The van der Waals surface area contributed by atoms with Gasteiger partial charge in [0.05, 0.1) is 35.2 Å². The number of rotatable bonds is 0. The van der Waals surface area contributed by atoms with Crippen molar-refractivity contribution in [2.24, 2.45) is 0 Å². The van der Waals surface area contributed by atoms with Gasteiger partial charge < -0.3 is 0 Å². The van der Waals surface area contributed by atoms with Gasteiger partial charge in [0.1, 0.15) is 0 Å². The summed E-state index contributed by atoms with van der Waals surface area (Å²) in [4.78, 5) is 0. The second-order valence-electron chi connectivity index (χ2n) is 6.78. The van der Waals surface area contributed by atoms with Gasteiger partial charge in [-0.2, -0.15) is 0 Å². The molecule has 5 aromatic rings. The molecular formula is C22H6Cl8. The van der Waals surface area contributed by atoms with E-state index in [0.717, 1.165) is 21.5 Å². The largest absolute Gasteiger partial charge is 0.0836 e. The molecule has 0 aliphatic heterocycles. The highest BCUT2D eigenvalue weighted by atomic mass is 35.5. The van der Waals surface area contributed by atoms with Gasteiger partial charge in [-0.15, -0.1) is 0 Å². The number of hydrogen-bond acceptors (Lipinski definition) is 0. The van der Waals surface area contributed by atoms with Crippen molar-refractivity contribution in [3.63, 3.8) is 0 Å². The number of halogens is 8. The predicted molar refractivity (Wildman–Crippen MR) is 137 cm³/mol. The molecule has 5 aromatic carbocycles. The molecular weight excluding hydrogens is 548 g/mol. The van der Waals surface area contributed by atoms with E-state index in [1.807, 2.05) is 30.3 Å². The molecule has 0 aliphatic carbocycles. The summed E-state index contributed by atoms with van der Waals surface area (Å²) in [5.41, 5.74) is 0. The molecule has 0 amide bonds. The van der Waals surface area contributed by atoms with Crippen molar-refractivity contribution in [2.75, 3.05) is 0 Å². The van der Waals surface area contributed by atoms with Gasteiger partial charge in [0, 0.05) is 32.0 Å². The maximum absolute atomic E-state index is 6.85. The normalized spacial score (nSPS) is 12.0. The van der Waals surface area contributed by atoms with Crippen molar-refractivity contribution < 1.29 is 0 Å². The summed E-state index contributed by atoms with van der Waals surface area (Å²) in [6.07, 6.45) is 0. The molecule has 0 fully saturated rings. The van der Waals surface area contributed by atoms with E-state index < -0.39 is 0 Å². The van der Waals surface area contributed by atoms with Crippen molar-refractivity contribution >= 4 is 136 Å². The third-order valence-electron chi connectivity index (χ3n) is 5.17. The van der Waals surface area contributed by atoms with Gasteiger partial charge in [-0.3, -0.25) is 0 Å². The highest BCUT2D eigenvalue weighted by Crippen LogP contribution is 2.50. The summed E-state index contributed by atoms with van der Waals surface area (Å²) in [5, 5.41) is 7.98. The molecule has 0 spiro atoms. The number of benzene rings is 5. The lowest BCUT2D eigenvalue weighted by atomic mass is 9.97. The minimum absolute atomic E-state index is 0.129. The molecule has 0 unspecified atom stereocenters. The Morgan fingerprint density at radius 1 is 0.400 bits per heavy atom. The molecule has 0 saturated heterocycles. The molecule has 0 heterocycles. The van der Waals surface area contributed by atoms with Crippen molar-refractivity contribution in [2.45, 2.75) is 0 Å². The second-order valence-corrected chi connectivity index (χ2v) is 9.84. The number of fused-ring (bicyclic) bond motifs is 4. The average Bonchev–Trinajstić information content (AvgIpc) is 2.70. The van der Waals surface area contributed by atoms with Crippen LogP contribution in [0.5, 0.6) is 0 Å². The highest BCUT2D eigenvalue weighted by Gasteiger charge is 2.22. The van der Waals surface area contributed by atoms with E-state index in [9.17, 15) is 0 Å². The molecule has 5 rings (SSSR count). The summed E-state index contributed by atoms with van der Waals surface area (Å²) in [5.74, 6) is 0. The first-order valence-corrected chi connectivity index (χ1v) is 11.5. The Morgan fingerprint density at radius 3 is 1.63 bits per heavy atom. The minimum Gasteiger partial charge on any atom is -0.0836 e. The predicted octanol–water partition coefficient (Wildman–Crippen LogP) is 11.5. The maximum atomic E-state index is 6.85. The molecule has 0 atom stereocenters. The fourth-order valence-electron chi connectivity index (χ4n) is 3.83. The maximum Gasteiger partial charge on any atom is 0.0800 e. The molecule has 0 radical (unpaired) electrons.